The standard InChI is InChI=1S/C19H20F3NO/c20-19(21,22)18(15-24-17-10-5-2-6-11-17)12-7-13-23(18)14-16-8-3-1-4-9-16/h1-6,8-11H,7,12-15H2. The number of likely N-dealkylation sites (tertiary alicyclic amines) is 1. The van der Waals surface area contributed by atoms with Crippen LogP contribution in [0.4, 0.5) is 13.2 Å². The van der Waals surface area contributed by atoms with Gasteiger partial charge in [0.2, 0.25) is 0 Å². The molecule has 3 rings (SSSR count). The van der Waals surface area contributed by atoms with E-state index in [-0.39, 0.29) is 19.6 Å². The van der Waals surface area contributed by atoms with Crippen LogP contribution in [-0.4, -0.2) is 29.8 Å². The second-order valence-electron chi connectivity index (χ2n) is 6.14. The molecule has 1 aliphatic heterocycles. The number of benzene rings is 2. The Morgan fingerprint density at radius 3 is 2.21 bits per heavy atom. The molecular formula is C19H20F3NO. The molecule has 1 aliphatic rings. The van der Waals surface area contributed by atoms with E-state index in [0.29, 0.717) is 18.7 Å². The molecule has 1 saturated heterocycles. The van der Waals surface area contributed by atoms with E-state index in [1.54, 1.807) is 24.3 Å². The molecule has 0 aliphatic carbocycles. The Kier molecular flexibility index (Phi) is 4.81. The Bertz CT molecular complexity index is 645. The van der Waals surface area contributed by atoms with Crippen molar-refractivity contribution in [3.8, 4) is 5.75 Å². The van der Waals surface area contributed by atoms with E-state index >= 15 is 0 Å². The average Bonchev–Trinajstić information content (AvgIpc) is 2.99. The molecule has 5 heteroatoms. The van der Waals surface area contributed by atoms with Crippen molar-refractivity contribution in [2.24, 2.45) is 0 Å². The van der Waals surface area contributed by atoms with Crippen LogP contribution in [0, 0.1) is 0 Å². The van der Waals surface area contributed by atoms with Gasteiger partial charge >= 0.3 is 6.18 Å². The molecule has 2 aromatic rings. The van der Waals surface area contributed by atoms with Gasteiger partial charge in [0.1, 0.15) is 12.4 Å². The Hall–Kier alpha value is -2.01. The van der Waals surface area contributed by atoms with Crippen LogP contribution < -0.4 is 4.74 Å². The Morgan fingerprint density at radius 1 is 0.958 bits per heavy atom. The number of rotatable bonds is 5. The average molecular weight is 335 g/mol. The smallest absolute Gasteiger partial charge is 0.410 e. The van der Waals surface area contributed by atoms with E-state index in [4.69, 9.17) is 4.74 Å². The quantitative estimate of drug-likeness (QED) is 0.788. The van der Waals surface area contributed by atoms with Crippen LogP contribution in [-0.2, 0) is 6.54 Å². The molecule has 128 valence electrons. The summed E-state index contributed by atoms with van der Waals surface area (Å²) in [6.07, 6.45) is -3.76. The summed E-state index contributed by atoms with van der Waals surface area (Å²) >= 11 is 0. The van der Waals surface area contributed by atoms with Crippen LogP contribution in [0.1, 0.15) is 18.4 Å². The first-order valence-corrected chi connectivity index (χ1v) is 8.05. The molecule has 1 fully saturated rings. The number of para-hydroxylation sites is 1. The molecule has 0 aromatic heterocycles. The minimum absolute atomic E-state index is 0.0656. The largest absolute Gasteiger partial charge is 0.491 e. The van der Waals surface area contributed by atoms with E-state index < -0.39 is 11.7 Å². The van der Waals surface area contributed by atoms with Gasteiger partial charge in [0, 0.05) is 6.54 Å². The summed E-state index contributed by atoms with van der Waals surface area (Å²) in [7, 11) is 0. The maximum atomic E-state index is 13.9. The summed E-state index contributed by atoms with van der Waals surface area (Å²) in [5.41, 5.74) is -1.05. The molecule has 1 atom stereocenters. The van der Waals surface area contributed by atoms with Crippen molar-refractivity contribution in [1.82, 2.24) is 4.90 Å². The van der Waals surface area contributed by atoms with E-state index in [9.17, 15) is 13.2 Å². The summed E-state index contributed by atoms with van der Waals surface area (Å²) in [6, 6.07) is 18.0. The zero-order chi connectivity index (χ0) is 17.0. The van der Waals surface area contributed by atoms with E-state index in [0.717, 1.165) is 5.56 Å². The van der Waals surface area contributed by atoms with Gasteiger partial charge in [0.25, 0.3) is 0 Å². The van der Waals surface area contributed by atoms with E-state index in [1.165, 1.54) is 4.90 Å². The summed E-state index contributed by atoms with van der Waals surface area (Å²) in [5, 5.41) is 0. The van der Waals surface area contributed by atoms with Crippen LogP contribution in [0.15, 0.2) is 60.7 Å². The highest BCUT2D eigenvalue weighted by Crippen LogP contribution is 2.44. The molecule has 0 N–H and O–H groups in total. The number of hydrogen-bond donors (Lipinski definition) is 0. The second kappa shape index (κ2) is 6.85. The fourth-order valence-electron chi connectivity index (χ4n) is 3.25. The van der Waals surface area contributed by atoms with Crippen LogP contribution in [0.3, 0.4) is 0 Å². The molecule has 0 saturated carbocycles. The molecule has 0 amide bonds. The number of nitrogens with zero attached hydrogens (tertiary/aromatic N) is 1. The minimum Gasteiger partial charge on any atom is -0.491 e. The zero-order valence-corrected chi connectivity index (χ0v) is 13.3. The Labute approximate surface area is 139 Å². The van der Waals surface area contributed by atoms with Gasteiger partial charge in [0.15, 0.2) is 5.54 Å². The number of ether oxygens (including phenoxy) is 1. The lowest BCUT2D eigenvalue weighted by Crippen LogP contribution is -2.58. The lowest BCUT2D eigenvalue weighted by atomic mass is 9.95. The molecule has 24 heavy (non-hydrogen) atoms. The zero-order valence-electron chi connectivity index (χ0n) is 13.3. The van der Waals surface area contributed by atoms with Gasteiger partial charge in [0.05, 0.1) is 0 Å². The summed E-state index contributed by atoms with van der Waals surface area (Å²) in [4.78, 5) is 1.52. The maximum absolute atomic E-state index is 13.9. The highest BCUT2D eigenvalue weighted by molar-refractivity contribution is 5.22. The van der Waals surface area contributed by atoms with Crippen LogP contribution >= 0.6 is 0 Å². The predicted molar refractivity (Wildman–Crippen MR) is 86.8 cm³/mol. The predicted octanol–water partition coefficient (Wildman–Crippen LogP) is 4.66. The molecule has 1 unspecified atom stereocenters. The molecule has 1 heterocycles. The minimum atomic E-state index is -4.34. The third-order valence-corrected chi connectivity index (χ3v) is 4.59. The molecule has 2 nitrogen and oxygen atoms in total. The topological polar surface area (TPSA) is 12.5 Å². The van der Waals surface area contributed by atoms with Crippen LogP contribution in [0.2, 0.25) is 0 Å². The van der Waals surface area contributed by atoms with Gasteiger partial charge in [-0.2, -0.15) is 13.2 Å². The van der Waals surface area contributed by atoms with Crippen molar-refractivity contribution in [2.75, 3.05) is 13.2 Å². The molecular weight excluding hydrogens is 315 g/mol. The van der Waals surface area contributed by atoms with Gasteiger partial charge in [-0.05, 0) is 37.1 Å². The van der Waals surface area contributed by atoms with Crippen molar-refractivity contribution in [1.29, 1.82) is 0 Å². The Morgan fingerprint density at radius 2 is 1.58 bits per heavy atom. The first-order chi connectivity index (χ1) is 11.5. The lowest BCUT2D eigenvalue weighted by molar-refractivity contribution is -0.233. The number of alkyl halides is 3. The highest BCUT2D eigenvalue weighted by Gasteiger charge is 2.60. The summed E-state index contributed by atoms with van der Waals surface area (Å²) < 4.78 is 47.4. The van der Waals surface area contributed by atoms with Crippen molar-refractivity contribution in [2.45, 2.75) is 31.1 Å². The first-order valence-electron chi connectivity index (χ1n) is 8.05. The third kappa shape index (κ3) is 3.41. The van der Waals surface area contributed by atoms with E-state index in [1.807, 2.05) is 36.4 Å². The van der Waals surface area contributed by atoms with Crippen molar-refractivity contribution in [3.63, 3.8) is 0 Å². The number of hydrogen-bond acceptors (Lipinski definition) is 2. The van der Waals surface area contributed by atoms with Crippen LogP contribution in [0.5, 0.6) is 5.75 Å². The van der Waals surface area contributed by atoms with Gasteiger partial charge in [-0.1, -0.05) is 48.5 Å². The second-order valence-corrected chi connectivity index (χ2v) is 6.14. The van der Waals surface area contributed by atoms with Crippen molar-refractivity contribution >= 4 is 0 Å². The third-order valence-electron chi connectivity index (χ3n) is 4.59. The Balaban J connectivity index is 1.81. The van der Waals surface area contributed by atoms with Gasteiger partial charge in [-0.15, -0.1) is 0 Å². The van der Waals surface area contributed by atoms with E-state index in [2.05, 4.69) is 0 Å². The molecule has 0 radical (unpaired) electrons. The van der Waals surface area contributed by atoms with Gasteiger partial charge in [-0.3, -0.25) is 4.90 Å². The fraction of sp³-hybridized carbons (Fsp3) is 0.368. The monoisotopic (exact) mass is 335 g/mol. The lowest BCUT2D eigenvalue weighted by Gasteiger charge is -2.39. The van der Waals surface area contributed by atoms with Crippen molar-refractivity contribution < 1.29 is 17.9 Å². The first kappa shape index (κ1) is 16.8. The highest BCUT2D eigenvalue weighted by atomic mass is 19.4. The molecule has 0 spiro atoms. The van der Waals surface area contributed by atoms with Gasteiger partial charge in [-0.25, -0.2) is 0 Å². The maximum Gasteiger partial charge on any atom is 0.410 e. The fourth-order valence-corrected chi connectivity index (χ4v) is 3.25. The van der Waals surface area contributed by atoms with Crippen molar-refractivity contribution in [3.05, 3.63) is 66.2 Å². The molecule has 0 bridgehead atoms. The normalized spacial score (nSPS) is 21.8. The summed E-state index contributed by atoms with van der Waals surface area (Å²) in [6.45, 7) is 0.318. The molecule has 2 aromatic carbocycles. The summed E-state index contributed by atoms with van der Waals surface area (Å²) in [5.74, 6) is 0.465. The van der Waals surface area contributed by atoms with Gasteiger partial charge < -0.3 is 4.74 Å². The number of halogens is 3. The van der Waals surface area contributed by atoms with Crippen LogP contribution in [0.25, 0.3) is 0 Å². The SMILES string of the molecule is FC(F)(F)C1(COc2ccccc2)CCCN1Cc1ccccc1.